The standard InChI is InChI=1S/C16H23N5O2/c1-11-13(7-17-20-11)8-21(2)16-6-14(12-4-5-23-9-12)18-15(19-16)10-22-3/h6-7,12H,4-5,8-10H2,1-3H3,(H,17,20)/t12-/m0/s1. The fraction of sp³-hybridized carbons (Fsp3) is 0.562. The van der Waals surface area contributed by atoms with Crippen molar-refractivity contribution in [3.63, 3.8) is 0 Å². The fourth-order valence-electron chi connectivity index (χ4n) is 2.74. The van der Waals surface area contributed by atoms with E-state index in [0.29, 0.717) is 18.3 Å². The van der Waals surface area contributed by atoms with Gasteiger partial charge in [0.05, 0.1) is 18.5 Å². The van der Waals surface area contributed by atoms with Crippen LogP contribution in [0.2, 0.25) is 0 Å². The zero-order valence-electron chi connectivity index (χ0n) is 13.9. The molecule has 1 fully saturated rings. The van der Waals surface area contributed by atoms with Gasteiger partial charge < -0.3 is 14.4 Å². The maximum absolute atomic E-state index is 5.49. The van der Waals surface area contributed by atoms with Crippen LogP contribution in [0.4, 0.5) is 5.82 Å². The fourth-order valence-corrected chi connectivity index (χ4v) is 2.74. The highest BCUT2D eigenvalue weighted by atomic mass is 16.5. The summed E-state index contributed by atoms with van der Waals surface area (Å²) in [6.07, 6.45) is 2.86. The highest BCUT2D eigenvalue weighted by Crippen LogP contribution is 2.26. The van der Waals surface area contributed by atoms with E-state index in [9.17, 15) is 0 Å². The highest BCUT2D eigenvalue weighted by molar-refractivity contribution is 5.41. The van der Waals surface area contributed by atoms with E-state index in [4.69, 9.17) is 9.47 Å². The predicted octanol–water partition coefficient (Wildman–Crippen LogP) is 1.79. The molecule has 0 aliphatic carbocycles. The lowest BCUT2D eigenvalue weighted by atomic mass is 10.0. The molecule has 0 unspecified atom stereocenters. The number of anilines is 1. The Bertz CT molecular complexity index is 652. The molecule has 0 saturated carbocycles. The normalized spacial score (nSPS) is 17.6. The van der Waals surface area contributed by atoms with Gasteiger partial charge >= 0.3 is 0 Å². The Morgan fingerprint density at radius 2 is 2.30 bits per heavy atom. The quantitative estimate of drug-likeness (QED) is 0.875. The summed E-state index contributed by atoms with van der Waals surface area (Å²) in [5, 5.41) is 7.04. The molecule has 23 heavy (non-hydrogen) atoms. The van der Waals surface area contributed by atoms with Crippen LogP contribution in [0.1, 0.15) is 35.1 Å². The van der Waals surface area contributed by atoms with Gasteiger partial charge in [0.15, 0.2) is 5.82 Å². The van der Waals surface area contributed by atoms with Crippen LogP contribution in [-0.2, 0) is 22.6 Å². The van der Waals surface area contributed by atoms with Crippen molar-refractivity contribution in [2.24, 2.45) is 0 Å². The summed E-state index contributed by atoms with van der Waals surface area (Å²) in [6.45, 7) is 4.70. The van der Waals surface area contributed by atoms with Crippen LogP contribution >= 0.6 is 0 Å². The molecular formula is C16H23N5O2. The number of aryl methyl sites for hydroxylation is 1. The molecule has 7 nitrogen and oxygen atoms in total. The van der Waals surface area contributed by atoms with Crippen molar-refractivity contribution in [2.75, 3.05) is 32.3 Å². The lowest BCUT2D eigenvalue weighted by Crippen LogP contribution is -2.20. The zero-order chi connectivity index (χ0) is 16.2. The van der Waals surface area contributed by atoms with Gasteiger partial charge in [0.25, 0.3) is 0 Å². The van der Waals surface area contributed by atoms with Gasteiger partial charge in [-0.3, -0.25) is 5.10 Å². The molecule has 1 aliphatic rings. The number of aromatic nitrogens is 4. The first-order valence-electron chi connectivity index (χ1n) is 7.82. The molecule has 0 spiro atoms. The minimum Gasteiger partial charge on any atom is -0.381 e. The molecule has 1 N–H and O–H groups in total. The topological polar surface area (TPSA) is 76.2 Å². The van der Waals surface area contributed by atoms with E-state index in [1.165, 1.54) is 0 Å². The van der Waals surface area contributed by atoms with Gasteiger partial charge in [0, 0.05) is 50.6 Å². The van der Waals surface area contributed by atoms with Crippen molar-refractivity contribution in [2.45, 2.75) is 32.4 Å². The van der Waals surface area contributed by atoms with Crippen molar-refractivity contribution in [3.05, 3.63) is 35.0 Å². The van der Waals surface area contributed by atoms with Crippen LogP contribution in [-0.4, -0.2) is 47.5 Å². The number of H-pyrrole nitrogens is 1. The molecule has 2 aromatic rings. The van der Waals surface area contributed by atoms with Crippen molar-refractivity contribution >= 4 is 5.82 Å². The molecule has 0 amide bonds. The first-order chi connectivity index (χ1) is 11.2. The Morgan fingerprint density at radius 3 is 2.96 bits per heavy atom. The molecule has 2 aromatic heterocycles. The minimum absolute atomic E-state index is 0.344. The van der Waals surface area contributed by atoms with Gasteiger partial charge in [-0.2, -0.15) is 5.10 Å². The molecule has 1 atom stereocenters. The van der Waals surface area contributed by atoms with Gasteiger partial charge in [0.2, 0.25) is 0 Å². The maximum Gasteiger partial charge on any atom is 0.156 e. The van der Waals surface area contributed by atoms with Crippen LogP contribution < -0.4 is 4.90 Å². The van der Waals surface area contributed by atoms with Crippen LogP contribution in [0.25, 0.3) is 0 Å². The summed E-state index contributed by atoms with van der Waals surface area (Å²) in [4.78, 5) is 11.4. The number of hydrogen-bond donors (Lipinski definition) is 1. The SMILES string of the molecule is COCc1nc([C@H]2CCOC2)cc(N(C)Cc2cn[nH]c2C)n1. The van der Waals surface area contributed by atoms with Crippen LogP contribution in [0.5, 0.6) is 0 Å². The van der Waals surface area contributed by atoms with Gasteiger partial charge in [-0.1, -0.05) is 0 Å². The predicted molar refractivity (Wildman–Crippen MR) is 86.4 cm³/mol. The molecule has 1 saturated heterocycles. The molecule has 3 heterocycles. The number of nitrogens with one attached hydrogen (secondary N) is 1. The summed E-state index contributed by atoms with van der Waals surface area (Å²) in [5.74, 6) is 1.95. The molecule has 7 heteroatoms. The molecule has 3 rings (SSSR count). The Morgan fingerprint density at radius 1 is 1.43 bits per heavy atom. The Kier molecular flexibility index (Phi) is 4.88. The van der Waals surface area contributed by atoms with Crippen molar-refractivity contribution in [1.29, 1.82) is 0 Å². The molecule has 1 aliphatic heterocycles. The van der Waals surface area contributed by atoms with E-state index < -0.39 is 0 Å². The van der Waals surface area contributed by atoms with E-state index in [1.807, 2.05) is 20.2 Å². The summed E-state index contributed by atoms with van der Waals surface area (Å²) >= 11 is 0. The Balaban J connectivity index is 1.85. The van der Waals surface area contributed by atoms with Crippen molar-refractivity contribution < 1.29 is 9.47 Å². The van der Waals surface area contributed by atoms with E-state index in [2.05, 4.69) is 31.1 Å². The average molecular weight is 317 g/mol. The Labute approximate surface area is 136 Å². The third-order valence-corrected chi connectivity index (χ3v) is 4.13. The highest BCUT2D eigenvalue weighted by Gasteiger charge is 2.21. The van der Waals surface area contributed by atoms with E-state index >= 15 is 0 Å². The molecule has 0 bridgehead atoms. The van der Waals surface area contributed by atoms with Crippen molar-refractivity contribution in [1.82, 2.24) is 20.2 Å². The minimum atomic E-state index is 0.344. The second-order valence-corrected chi connectivity index (χ2v) is 5.94. The van der Waals surface area contributed by atoms with Gasteiger partial charge in [0.1, 0.15) is 12.4 Å². The molecule has 0 radical (unpaired) electrons. The first-order valence-corrected chi connectivity index (χ1v) is 7.82. The molecule has 0 aromatic carbocycles. The number of aromatic amines is 1. The van der Waals surface area contributed by atoms with E-state index in [-0.39, 0.29) is 0 Å². The largest absolute Gasteiger partial charge is 0.381 e. The summed E-state index contributed by atoms with van der Waals surface area (Å²) in [7, 11) is 3.69. The lowest BCUT2D eigenvalue weighted by molar-refractivity contribution is 0.177. The van der Waals surface area contributed by atoms with E-state index in [0.717, 1.165) is 48.9 Å². The maximum atomic E-state index is 5.49. The number of methoxy groups -OCH3 is 1. The first kappa shape index (κ1) is 15.9. The number of nitrogens with zero attached hydrogens (tertiary/aromatic N) is 4. The van der Waals surface area contributed by atoms with Crippen LogP contribution in [0.3, 0.4) is 0 Å². The monoisotopic (exact) mass is 317 g/mol. The van der Waals surface area contributed by atoms with Gasteiger partial charge in [-0.05, 0) is 13.3 Å². The molecule has 124 valence electrons. The average Bonchev–Trinajstić information content (AvgIpc) is 3.20. The lowest BCUT2D eigenvalue weighted by Gasteiger charge is -2.20. The second kappa shape index (κ2) is 7.06. The van der Waals surface area contributed by atoms with Crippen molar-refractivity contribution in [3.8, 4) is 0 Å². The third-order valence-electron chi connectivity index (χ3n) is 4.13. The zero-order valence-corrected chi connectivity index (χ0v) is 13.9. The Hall–Kier alpha value is -1.99. The van der Waals surface area contributed by atoms with Gasteiger partial charge in [-0.25, -0.2) is 9.97 Å². The molecular weight excluding hydrogens is 294 g/mol. The second-order valence-electron chi connectivity index (χ2n) is 5.94. The smallest absolute Gasteiger partial charge is 0.156 e. The van der Waals surface area contributed by atoms with E-state index in [1.54, 1.807) is 7.11 Å². The van der Waals surface area contributed by atoms with Gasteiger partial charge in [-0.15, -0.1) is 0 Å². The summed E-state index contributed by atoms with van der Waals surface area (Å²) < 4.78 is 10.7. The number of rotatable bonds is 6. The summed E-state index contributed by atoms with van der Waals surface area (Å²) in [5.41, 5.74) is 3.27. The van der Waals surface area contributed by atoms with Crippen LogP contribution in [0.15, 0.2) is 12.3 Å². The third kappa shape index (κ3) is 3.68. The number of hydrogen-bond acceptors (Lipinski definition) is 6. The van der Waals surface area contributed by atoms with Crippen LogP contribution in [0, 0.1) is 6.92 Å². The summed E-state index contributed by atoms with van der Waals surface area (Å²) in [6, 6.07) is 2.06. The number of ether oxygens (including phenoxy) is 2.